The maximum Gasteiger partial charge on any atom is 0.125 e. The molecule has 2 rings (SSSR count). The summed E-state index contributed by atoms with van der Waals surface area (Å²) in [5.41, 5.74) is 2.30. The summed E-state index contributed by atoms with van der Waals surface area (Å²) >= 11 is 6.09. The van der Waals surface area contributed by atoms with Gasteiger partial charge >= 0.3 is 0 Å². The van der Waals surface area contributed by atoms with E-state index in [9.17, 15) is 0 Å². The van der Waals surface area contributed by atoms with Crippen LogP contribution < -0.4 is 10.1 Å². The first kappa shape index (κ1) is 12.7. The molecule has 17 heavy (non-hydrogen) atoms. The highest BCUT2D eigenvalue weighted by atomic mass is 35.5. The number of hydrogen-bond acceptors (Lipinski definition) is 3. The van der Waals surface area contributed by atoms with Crippen LogP contribution in [-0.2, 0) is 11.3 Å². The van der Waals surface area contributed by atoms with Gasteiger partial charge in [0.05, 0.1) is 13.7 Å². The van der Waals surface area contributed by atoms with E-state index in [-0.39, 0.29) is 0 Å². The third-order valence-corrected chi connectivity index (χ3v) is 3.34. The first-order chi connectivity index (χ1) is 8.26. The van der Waals surface area contributed by atoms with Gasteiger partial charge in [0.1, 0.15) is 5.75 Å². The van der Waals surface area contributed by atoms with Crippen LogP contribution in [0, 0.1) is 0 Å². The molecule has 1 aromatic rings. The second-order valence-electron chi connectivity index (χ2n) is 4.26. The zero-order valence-electron chi connectivity index (χ0n) is 10.3. The van der Waals surface area contributed by atoms with Crippen LogP contribution in [0.2, 0.25) is 5.02 Å². The second kappa shape index (κ2) is 5.71. The summed E-state index contributed by atoms with van der Waals surface area (Å²) in [6, 6.07) is 4.19. The van der Waals surface area contributed by atoms with Crippen molar-refractivity contribution >= 4 is 11.6 Å². The smallest absolute Gasteiger partial charge is 0.125 e. The zero-order valence-corrected chi connectivity index (χ0v) is 11.0. The van der Waals surface area contributed by atoms with E-state index in [1.165, 1.54) is 12.0 Å². The van der Waals surface area contributed by atoms with Crippen LogP contribution in [0.3, 0.4) is 0 Å². The van der Waals surface area contributed by atoms with E-state index in [1.54, 1.807) is 14.2 Å². The van der Waals surface area contributed by atoms with E-state index in [2.05, 4.69) is 5.32 Å². The molecule has 1 heterocycles. The van der Waals surface area contributed by atoms with Crippen molar-refractivity contribution < 1.29 is 9.47 Å². The van der Waals surface area contributed by atoms with Crippen molar-refractivity contribution in [1.29, 1.82) is 0 Å². The first-order valence-electron chi connectivity index (χ1n) is 5.85. The van der Waals surface area contributed by atoms with Crippen LogP contribution in [0.25, 0.3) is 0 Å². The molecule has 0 spiro atoms. The average molecular weight is 256 g/mol. The van der Waals surface area contributed by atoms with Gasteiger partial charge in [0.25, 0.3) is 0 Å². The van der Waals surface area contributed by atoms with Crippen LogP contribution >= 0.6 is 11.6 Å². The van der Waals surface area contributed by atoms with Gasteiger partial charge in [0.2, 0.25) is 0 Å². The van der Waals surface area contributed by atoms with E-state index in [1.807, 2.05) is 12.1 Å². The molecule has 0 amide bonds. The number of hydrogen-bond donors (Lipinski definition) is 1. The van der Waals surface area contributed by atoms with Gasteiger partial charge < -0.3 is 14.8 Å². The molecule has 0 bridgehead atoms. The predicted octanol–water partition coefficient (Wildman–Crippen LogP) is 2.92. The monoisotopic (exact) mass is 255 g/mol. The topological polar surface area (TPSA) is 30.5 Å². The largest absolute Gasteiger partial charge is 0.496 e. The third kappa shape index (κ3) is 2.73. The van der Waals surface area contributed by atoms with Crippen LogP contribution in [0.1, 0.15) is 30.0 Å². The van der Waals surface area contributed by atoms with Gasteiger partial charge in [0, 0.05) is 23.7 Å². The minimum Gasteiger partial charge on any atom is -0.496 e. The van der Waals surface area contributed by atoms with Crippen molar-refractivity contribution in [2.24, 2.45) is 0 Å². The van der Waals surface area contributed by atoms with E-state index in [0.717, 1.165) is 24.3 Å². The molecule has 1 aromatic carbocycles. The Morgan fingerprint density at radius 1 is 1.41 bits per heavy atom. The Morgan fingerprint density at radius 2 is 2.24 bits per heavy atom. The molecule has 1 unspecified atom stereocenters. The Labute approximate surface area is 107 Å². The van der Waals surface area contributed by atoms with Gasteiger partial charge in [-0.05, 0) is 37.1 Å². The van der Waals surface area contributed by atoms with Gasteiger partial charge in [-0.3, -0.25) is 0 Å². The van der Waals surface area contributed by atoms with Crippen LogP contribution in [-0.4, -0.2) is 20.8 Å². The maximum atomic E-state index is 6.09. The molecule has 4 heteroatoms. The fraction of sp³-hybridized carbons (Fsp3) is 0.538. The molecule has 1 aliphatic rings. The second-order valence-corrected chi connectivity index (χ2v) is 4.70. The lowest BCUT2D eigenvalue weighted by molar-refractivity contribution is 0.183. The predicted molar refractivity (Wildman–Crippen MR) is 68.7 cm³/mol. The molecule has 0 radical (unpaired) electrons. The molecular weight excluding hydrogens is 238 g/mol. The lowest BCUT2D eigenvalue weighted by Crippen LogP contribution is -2.16. The maximum absolute atomic E-state index is 6.09. The van der Waals surface area contributed by atoms with E-state index >= 15 is 0 Å². The van der Waals surface area contributed by atoms with Crippen LogP contribution in [0.4, 0.5) is 0 Å². The normalized spacial score (nSPS) is 19.6. The molecule has 94 valence electrons. The summed E-state index contributed by atoms with van der Waals surface area (Å²) in [6.07, 6.45) is 2.33. The van der Waals surface area contributed by atoms with E-state index in [4.69, 9.17) is 21.1 Å². The van der Waals surface area contributed by atoms with Gasteiger partial charge in [-0.2, -0.15) is 0 Å². The standard InChI is InChI=1S/C13H18ClNO2/c1-16-8-9-6-10(14)7-12(17-2)13(9)11-4-3-5-15-11/h6-7,11,15H,3-5,8H2,1-2H3. The van der Waals surface area contributed by atoms with E-state index < -0.39 is 0 Å². The average Bonchev–Trinajstić information content (AvgIpc) is 2.82. The Balaban J connectivity index is 2.43. The van der Waals surface area contributed by atoms with Crippen LogP contribution in [0.5, 0.6) is 5.75 Å². The highest BCUT2D eigenvalue weighted by molar-refractivity contribution is 6.30. The molecule has 1 atom stereocenters. The van der Waals surface area contributed by atoms with Crippen LogP contribution in [0.15, 0.2) is 12.1 Å². The highest BCUT2D eigenvalue weighted by Crippen LogP contribution is 2.36. The minimum atomic E-state index is 0.354. The molecule has 1 fully saturated rings. The Bertz CT molecular complexity index is 389. The first-order valence-corrected chi connectivity index (χ1v) is 6.22. The number of halogens is 1. The SMILES string of the molecule is COCc1cc(Cl)cc(OC)c1C1CCCN1. The number of ether oxygens (including phenoxy) is 2. The van der Waals surface area contributed by atoms with E-state index in [0.29, 0.717) is 17.7 Å². The fourth-order valence-corrected chi connectivity index (χ4v) is 2.65. The summed E-state index contributed by atoms with van der Waals surface area (Å²) in [6.45, 7) is 1.62. The molecule has 1 N–H and O–H groups in total. The number of nitrogens with one attached hydrogen (secondary N) is 1. The highest BCUT2D eigenvalue weighted by Gasteiger charge is 2.23. The lowest BCUT2D eigenvalue weighted by atomic mass is 9.98. The van der Waals surface area contributed by atoms with Gasteiger partial charge in [0.15, 0.2) is 0 Å². The molecule has 1 aliphatic heterocycles. The van der Waals surface area contributed by atoms with Crippen molar-refractivity contribution in [3.63, 3.8) is 0 Å². The molecule has 1 saturated heterocycles. The molecule has 3 nitrogen and oxygen atoms in total. The summed E-state index contributed by atoms with van der Waals surface area (Å²) in [5, 5.41) is 4.18. The van der Waals surface area contributed by atoms with Crippen molar-refractivity contribution in [2.45, 2.75) is 25.5 Å². The lowest BCUT2D eigenvalue weighted by Gasteiger charge is -2.19. The molecular formula is C13H18ClNO2. The fourth-order valence-electron chi connectivity index (χ4n) is 2.42. The third-order valence-electron chi connectivity index (χ3n) is 3.12. The minimum absolute atomic E-state index is 0.354. The number of methoxy groups -OCH3 is 2. The molecule has 0 aliphatic carbocycles. The summed E-state index contributed by atoms with van der Waals surface area (Å²) in [4.78, 5) is 0. The Kier molecular flexibility index (Phi) is 4.26. The molecule has 0 aromatic heterocycles. The Hall–Kier alpha value is -0.770. The van der Waals surface area contributed by atoms with Gasteiger partial charge in [-0.1, -0.05) is 11.6 Å². The molecule has 0 saturated carbocycles. The summed E-state index contributed by atoms with van der Waals surface area (Å²) in [5.74, 6) is 0.851. The van der Waals surface area contributed by atoms with Crippen molar-refractivity contribution in [3.8, 4) is 5.75 Å². The number of benzene rings is 1. The van der Waals surface area contributed by atoms with Gasteiger partial charge in [-0.15, -0.1) is 0 Å². The summed E-state index contributed by atoms with van der Waals surface area (Å²) < 4.78 is 10.7. The number of rotatable bonds is 4. The quantitative estimate of drug-likeness (QED) is 0.897. The Morgan fingerprint density at radius 3 is 2.82 bits per heavy atom. The zero-order chi connectivity index (χ0) is 12.3. The summed E-state index contributed by atoms with van der Waals surface area (Å²) in [7, 11) is 3.37. The van der Waals surface area contributed by atoms with Crippen molar-refractivity contribution in [1.82, 2.24) is 5.32 Å². The van der Waals surface area contributed by atoms with Gasteiger partial charge in [-0.25, -0.2) is 0 Å². The van der Waals surface area contributed by atoms with Crippen molar-refractivity contribution in [3.05, 3.63) is 28.3 Å². The van der Waals surface area contributed by atoms with Crippen molar-refractivity contribution in [2.75, 3.05) is 20.8 Å².